The van der Waals surface area contributed by atoms with Crippen molar-refractivity contribution in [3.8, 4) is 5.75 Å². The maximum atomic E-state index is 12.7. The highest BCUT2D eigenvalue weighted by atomic mass is 16.5. The highest BCUT2D eigenvalue weighted by Crippen LogP contribution is 2.34. The smallest absolute Gasteiger partial charge is 0.183 e. The third kappa shape index (κ3) is 1.66. The third-order valence-electron chi connectivity index (χ3n) is 4.00. The first-order valence-corrected chi connectivity index (χ1v) is 6.37. The van der Waals surface area contributed by atoms with E-state index in [0.29, 0.717) is 0 Å². The van der Waals surface area contributed by atoms with Crippen molar-refractivity contribution in [2.75, 3.05) is 13.7 Å². The van der Waals surface area contributed by atoms with Gasteiger partial charge in [0, 0.05) is 12.1 Å². The summed E-state index contributed by atoms with van der Waals surface area (Å²) in [5.74, 6) is 1.06. The minimum Gasteiger partial charge on any atom is -0.497 e. The van der Waals surface area contributed by atoms with Crippen molar-refractivity contribution in [3.63, 3.8) is 0 Å². The molecule has 18 heavy (non-hydrogen) atoms. The summed E-state index contributed by atoms with van der Waals surface area (Å²) in [5.41, 5.74) is 1.60. The fraction of sp³-hybridized carbons (Fsp3) is 0.400. The van der Waals surface area contributed by atoms with Gasteiger partial charge in [0.15, 0.2) is 5.78 Å². The van der Waals surface area contributed by atoms with Crippen LogP contribution in [0.25, 0.3) is 0 Å². The van der Waals surface area contributed by atoms with Crippen LogP contribution in [-0.2, 0) is 6.42 Å². The van der Waals surface area contributed by atoms with Crippen LogP contribution in [0.2, 0.25) is 0 Å². The molecule has 0 saturated carbocycles. The largest absolute Gasteiger partial charge is 0.497 e. The maximum Gasteiger partial charge on any atom is 0.183 e. The zero-order valence-corrected chi connectivity index (χ0v) is 10.5. The van der Waals surface area contributed by atoms with Crippen molar-refractivity contribution in [3.05, 3.63) is 41.5 Å². The number of ketones is 1. The third-order valence-corrected chi connectivity index (χ3v) is 4.00. The van der Waals surface area contributed by atoms with E-state index in [1.807, 2.05) is 18.2 Å². The molecule has 3 nitrogen and oxygen atoms in total. The molecule has 1 aliphatic heterocycles. The van der Waals surface area contributed by atoms with Gasteiger partial charge >= 0.3 is 0 Å². The monoisotopic (exact) mass is 243 g/mol. The van der Waals surface area contributed by atoms with Crippen molar-refractivity contribution in [1.29, 1.82) is 0 Å². The molecule has 1 aromatic carbocycles. The summed E-state index contributed by atoms with van der Waals surface area (Å²) >= 11 is 0. The Hall–Kier alpha value is -1.61. The standard InChI is InChI=1S/C15H17NO2/c1-18-12-4-5-13-11(10-12)6-8-15(14(13)17)7-2-3-9-16-15/h2-5,10,16H,6-9H2,1H3. The van der Waals surface area contributed by atoms with Gasteiger partial charge in [0.2, 0.25) is 0 Å². The molecule has 3 heteroatoms. The fourth-order valence-corrected chi connectivity index (χ4v) is 2.90. The van der Waals surface area contributed by atoms with Gasteiger partial charge < -0.3 is 10.1 Å². The van der Waals surface area contributed by atoms with Crippen LogP contribution in [0, 0.1) is 0 Å². The molecule has 1 unspecified atom stereocenters. The molecule has 3 rings (SSSR count). The number of Topliss-reactive ketones (excluding diaryl/α,β-unsaturated/α-hetero) is 1. The van der Waals surface area contributed by atoms with Gasteiger partial charge in [-0.25, -0.2) is 0 Å². The molecular weight excluding hydrogens is 226 g/mol. The number of fused-ring (bicyclic) bond motifs is 1. The molecule has 94 valence electrons. The van der Waals surface area contributed by atoms with Gasteiger partial charge in [-0.2, -0.15) is 0 Å². The number of nitrogens with one attached hydrogen (secondary N) is 1. The van der Waals surface area contributed by atoms with Gasteiger partial charge in [-0.15, -0.1) is 0 Å². The lowest BCUT2D eigenvalue weighted by atomic mass is 9.74. The lowest BCUT2D eigenvalue weighted by molar-refractivity contribution is 0.0824. The van der Waals surface area contributed by atoms with E-state index in [0.717, 1.165) is 42.7 Å². The Kier molecular flexibility index (Phi) is 2.71. The van der Waals surface area contributed by atoms with Gasteiger partial charge in [0.05, 0.1) is 12.6 Å². The van der Waals surface area contributed by atoms with Crippen molar-refractivity contribution in [2.45, 2.75) is 24.8 Å². The fourth-order valence-electron chi connectivity index (χ4n) is 2.90. The van der Waals surface area contributed by atoms with Gasteiger partial charge in [-0.1, -0.05) is 12.2 Å². The zero-order chi connectivity index (χ0) is 12.6. The molecule has 0 aromatic heterocycles. The van der Waals surface area contributed by atoms with Crippen LogP contribution < -0.4 is 10.1 Å². The Morgan fingerprint density at radius 2 is 2.22 bits per heavy atom. The molecule has 0 bridgehead atoms. The van der Waals surface area contributed by atoms with Crippen molar-refractivity contribution < 1.29 is 9.53 Å². The Balaban J connectivity index is 1.99. The molecule has 0 fully saturated rings. The van der Waals surface area contributed by atoms with Crippen molar-refractivity contribution in [1.82, 2.24) is 5.32 Å². The topological polar surface area (TPSA) is 38.3 Å². The average molecular weight is 243 g/mol. The molecule has 1 atom stereocenters. The van der Waals surface area contributed by atoms with E-state index in [1.165, 1.54) is 0 Å². The Bertz CT molecular complexity index is 521. The zero-order valence-electron chi connectivity index (χ0n) is 10.5. The first-order chi connectivity index (χ1) is 8.75. The van der Waals surface area contributed by atoms with Crippen molar-refractivity contribution >= 4 is 5.78 Å². The summed E-state index contributed by atoms with van der Waals surface area (Å²) in [6.07, 6.45) is 6.80. The molecule has 1 aromatic rings. The van der Waals surface area contributed by atoms with Gasteiger partial charge in [-0.3, -0.25) is 4.79 Å². The van der Waals surface area contributed by atoms with Gasteiger partial charge in [0.1, 0.15) is 5.75 Å². The number of carbonyl (C=O) groups is 1. The number of methoxy groups -OCH3 is 1. The Morgan fingerprint density at radius 1 is 1.33 bits per heavy atom. The summed E-state index contributed by atoms with van der Waals surface area (Å²) in [4.78, 5) is 12.7. The van der Waals surface area contributed by atoms with E-state index in [-0.39, 0.29) is 11.3 Å². The van der Waals surface area contributed by atoms with Crippen LogP contribution in [0.15, 0.2) is 30.4 Å². The average Bonchev–Trinajstić information content (AvgIpc) is 2.44. The van der Waals surface area contributed by atoms with E-state index in [9.17, 15) is 4.79 Å². The number of rotatable bonds is 1. The molecule has 2 aliphatic rings. The SMILES string of the molecule is COc1ccc2c(c1)CCC1(CC=CCN1)C2=O. The number of carbonyl (C=O) groups excluding carboxylic acids is 1. The minimum absolute atomic E-state index is 0.232. The number of hydrogen-bond acceptors (Lipinski definition) is 3. The van der Waals surface area contributed by atoms with Crippen LogP contribution in [0.1, 0.15) is 28.8 Å². The lowest BCUT2D eigenvalue weighted by Crippen LogP contribution is -2.55. The predicted molar refractivity (Wildman–Crippen MR) is 70.1 cm³/mol. The molecule has 0 saturated heterocycles. The summed E-state index contributed by atoms with van der Waals surface area (Å²) < 4.78 is 5.21. The molecule has 1 spiro atoms. The predicted octanol–water partition coefficient (Wildman–Crippen LogP) is 2.11. The normalized spacial score (nSPS) is 26.2. The van der Waals surface area contributed by atoms with Gasteiger partial charge in [0.25, 0.3) is 0 Å². The quantitative estimate of drug-likeness (QED) is 0.768. The van der Waals surface area contributed by atoms with E-state index in [2.05, 4.69) is 17.5 Å². The van der Waals surface area contributed by atoms with E-state index in [1.54, 1.807) is 7.11 Å². The van der Waals surface area contributed by atoms with E-state index < -0.39 is 0 Å². The maximum absolute atomic E-state index is 12.7. The van der Waals surface area contributed by atoms with Crippen LogP contribution in [-0.4, -0.2) is 25.0 Å². The van der Waals surface area contributed by atoms with Crippen LogP contribution in [0.4, 0.5) is 0 Å². The molecular formula is C15H17NO2. The number of aryl methyl sites for hydroxylation is 1. The molecule has 0 radical (unpaired) electrons. The number of benzene rings is 1. The molecule has 1 N–H and O–H groups in total. The van der Waals surface area contributed by atoms with Crippen LogP contribution in [0.3, 0.4) is 0 Å². The summed E-state index contributed by atoms with van der Waals surface area (Å²) in [6.45, 7) is 0.789. The van der Waals surface area contributed by atoms with Crippen LogP contribution >= 0.6 is 0 Å². The number of hydrogen-bond donors (Lipinski definition) is 1. The Morgan fingerprint density at radius 3 is 2.94 bits per heavy atom. The molecule has 1 heterocycles. The molecule has 0 amide bonds. The van der Waals surface area contributed by atoms with Crippen molar-refractivity contribution in [2.24, 2.45) is 0 Å². The second-order valence-corrected chi connectivity index (χ2v) is 4.99. The lowest BCUT2D eigenvalue weighted by Gasteiger charge is -2.38. The Labute approximate surface area is 107 Å². The first-order valence-electron chi connectivity index (χ1n) is 6.37. The highest BCUT2D eigenvalue weighted by molar-refractivity contribution is 6.05. The first kappa shape index (κ1) is 11.5. The minimum atomic E-state index is -0.365. The second kappa shape index (κ2) is 4.25. The summed E-state index contributed by atoms with van der Waals surface area (Å²) in [7, 11) is 1.65. The molecule has 1 aliphatic carbocycles. The van der Waals surface area contributed by atoms with E-state index >= 15 is 0 Å². The summed E-state index contributed by atoms with van der Waals surface area (Å²) in [5, 5.41) is 3.39. The summed E-state index contributed by atoms with van der Waals surface area (Å²) in [6, 6.07) is 5.75. The van der Waals surface area contributed by atoms with E-state index in [4.69, 9.17) is 4.74 Å². The van der Waals surface area contributed by atoms with Gasteiger partial charge in [-0.05, 0) is 43.0 Å². The second-order valence-electron chi connectivity index (χ2n) is 4.99. The van der Waals surface area contributed by atoms with Crippen LogP contribution in [0.5, 0.6) is 5.75 Å². The number of ether oxygens (including phenoxy) is 1. The highest BCUT2D eigenvalue weighted by Gasteiger charge is 2.41.